The molecule has 0 aliphatic rings. The van der Waals surface area contributed by atoms with Crippen molar-refractivity contribution >= 4 is 26.7 Å². The van der Waals surface area contributed by atoms with Gasteiger partial charge in [-0.1, -0.05) is 11.3 Å². The van der Waals surface area contributed by atoms with Gasteiger partial charge in [0.25, 0.3) is 0 Å². The van der Waals surface area contributed by atoms with Crippen molar-refractivity contribution in [3.8, 4) is 5.75 Å². The van der Waals surface area contributed by atoms with Gasteiger partial charge >= 0.3 is 0 Å². The molecule has 0 saturated heterocycles. The fourth-order valence-corrected chi connectivity index (χ4v) is 2.62. The molecule has 19 heavy (non-hydrogen) atoms. The summed E-state index contributed by atoms with van der Waals surface area (Å²) in [6, 6.07) is 5.85. The summed E-state index contributed by atoms with van der Waals surface area (Å²) in [5.74, 6) is 1.59. The van der Waals surface area contributed by atoms with E-state index in [1.165, 1.54) is 0 Å². The lowest BCUT2D eigenvalue weighted by molar-refractivity contribution is 0.415. The van der Waals surface area contributed by atoms with E-state index in [0.29, 0.717) is 6.54 Å². The van der Waals surface area contributed by atoms with Gasteiger partial charge in [0.2, 0.25) is 0 Å². The van der Waals surface area contributed by atoms with Crippen molar-refractivity contribution in [2.45, 2.75) is 6.54 Å². The minimum Gasteiger partial charge on any atom is -0.497 e. The van der Waals surface area contributed by atoms with E-state index in [1.54, 1.807) is 29.5 Å². The summed E-state index contributed by atoms with van der Waals surface area (Å²) < 4.78 is 7.97. The molecule has 0 saturated carbocycles. The number of hydrogen-bond acceptors (Lipinski definition) is 6. The van der Waals surface area contributed by atoms with E-state index < -0.39 is 0 Å². The highest BCUT2D eigenvalue weighted by Crippen LogP contribution is 2.29. The van der Waals surface area contributed by atoms with Crippen LogP contribution in [0.25, 0.3) is 10.2 Å². The van der Waals surface area contributed by atoms with Crippen molar-refractivity contribution in [1.82, 2.24) is 19.7 Å². The maximum atomic E-state index is 5.20. The number of rotatable bonds is 4. The summed E-state index contributed by atoms with van der Waals surface area (Å²) in [6.07, 6.45) is 1.68. The quantitative estimate of drug-likeness (QED) is 0.789. The van der Waals surface area contributed by atoms with E-state index in [9.17, 15) is 0 Å². The van der Waals surface area contributed by atoms with E-state index in [-0.39, 0.29) is 0 Å². The van der Waals surface area contributed by atoms with Crippen molar-refractivity contribution < 1.29 is 4.74 Å². The predicted molar refractivity (Wildman–Crippen MR) is 74.5 cm³/mol. The predicted octanol–water partition coefficient (Wildman–Crippen LogP) is 2.05. The molecule has 0 fully saturated rings. The third kappa shape index (κ3) is 2.50. The first-order chi connectivity index (χ1) is 9.24. The van der Waals surface area contributed by atoms with Crippen molar-refractivity contribution in [3.63, 3.8) is 0 Å². The molecule has 0 aliphatic carbocycles. The lowest BCUT2D eigenvalue weighted by atomic mass is 10.3. The number of thiazole rings is 1. The lowest BCUT2D eigenvalue weighted by Gasteiger charge is -1.96. The number of nitrogens with one attached hydrogen (secondary N) is 1. The molecule has 0 atom stereocenters. The zero-order chi connectivity index (χ0) is 13.2. The highest BCUT2D eigenvalue weighted by Gasteiger charge is 2.06. The number of nitrogens with zero attached hydrogens (tertiary/aromatic N) is 4. The summed E-state index contributed by atoms with van der Waals surface area (Å²) in [5.41, 5.74) is 0.960. The number of benzene rings is 1. The van der Waals surface area contributed by atoms with Crippen LogP contribution in [0.2, 0.25) is 0 Å². The highest BCUT2D eigenvalue weighted by atomic mass is 32.1. The molecule has 0 aliphatic heterocycles. The molecule has 0 bridgehead atoms. The zero-order valence-electron chi connectivity index (χ0n) is 10.6. The number of aromatic nitrogens is 4. The molecule has 1 aromatic carbocycles. The van der Waals surface area contributed by atoms with Gasteiger partial charge in [-0.15, -0.1) is 0 Å². The Morgan fingerprint density at radius 2 is 2.32 bits per heavy atom. The van der Waals surface area contributed by atoms with Crippen LogP contribution in [0, 0.1) is 0 Å². The van der Waals surface area contributed by atoms with E-state index >= 15 is 0 Å². The SMILES string of the molecule is COc1ccc2nc(NCc3ncn(C)n3)sc2c1. The number of aryl methyl sites for hydroxylation is 1. The van der Waals surface area contributed by atoms with Crippen LogP contribution >= 0.6 is 11.3 Å². The Labute approximate surface area is 114 Å². The molecule has 0 amide bonds. The second-order valence-electron chi connectivity index (χ2n) is 4.04. The lowest BCUT2D eigenvalue weighted by Crippen LogP contribution is -2.01. The van der Waals surface area contributed by atoms with Gasteiger partial charge in [-0.2, -0.15) is 5.10 Å². The van der Waals surface area contributed by atoms with Crippen LogP contribution in [0.5, 0.6) is 5.75 Å². The molecule has 3 aromatic rings. The Morgan fingerprint density at radius 3 is 3.05 bits per heavy atom. The number of ether oxygens (including phenoxy) is 1. The first-order valence-corrected chi connectivity index (χ1v) is 6.59. The Balaban J connectivity index is 1.77. The molecule has 2 heterocycles. The molecule has 6 nitrogen and oxygen atoms in total. The van der Waals surface area contributed by atoms with E-state index in [0.717, 1.165) is 26.9 Å². The van der Waals surface area contributed by atoms with Crippen LogP contribution in [0.1, 0.15) is 5.82 Å². The Bertz CT molecular complexity index is 705. The molecule has 0 radical (unpaired) electrons. The van der Waals surface area contributed by atoms with Crippen LogP contribution in [0.4, 0.5) is 5.13 Å². The van der Waals surface area contributed by atoms with Crippen molar-refractivity contribution in [1.29, 1.82) is 0 Å². The molecule has 0 unspecified atom stereocenters. The standard InChI is InChI=1S/C12H13N5OS/c1-17-7-14-11(16-17)6-13-12-15-9-4-3-8(18-2)5-10(9)19-12/h3-5,7H,6H2,1-2H3,(H,13,15). The fraction of sp³-hybridized carbons (Fsp3) is 0.250. The fourth-order valence-electron chi connectivity index (χ4n) is 1.73. The van der Waals surface area contributed by atoms with Crippen LogP contribution < -0.4 is 10.1 Å². The number of anilines is 1. The molecule has 3 rings (SSSR count). The zero-order valence-corrected chi connectivity index (χ0v) is 11.4. The number of methoxy groups -OCH3 is 1. The number of fused-ring (bicyclic) bond motifs is 1. The van der Waals surface area contributed by atoms with Gasteiger partial charge in [0.15, 0.2) is 11.0 Å². The van der Waals surface area contributed by atoms with Crippen molar-refractivity contribution in [2.24, 2.45) is 7.05 Å². The third-order valence-electron chi connectivity index (χ3n) is 2.64. The Morgan fingerprint density at radius 1 is 1.42 bits per heavy atom. The molecule has 1 N–H and O–H groups in total. The van der Waals surface area contributed by atoms with Crippen LogP contribution in [0.15, 0.2) is 24.5 Å². The summed E-state index contributed by atoms with van der Waals surface area (Å²) in [4.78, 5) is 8.66. The van der Waals surface area contributed by atoms with Crippen LogP contribution in [-0.2, 0) is 13.6 Å². The van der Waals surface area contributed by atoms with E-state index in [2.05, 4.69) is 20.4 Å². The first-order valence-electron chi connectivity index (χ1n) is 5.77. The van der Waals surface area contributed by atoms with Crippen molar-refractivity contribution in [3.05, 3.63) is 30.4 Å². The van der Waals surface area contributed by atoms with E-state index in [1.807, 2.05) is 25.2 Å². The summed E-state index contributed by atoms with van der Waals surface area (Å²) in [7, 11) is 3.51. The van der Waals surface area contributed by atoms with Gasteiger partial charge in [0.1, 0.15) is 12.1 Å². The Kier molecular flexibility index (Phi) is 3.04. The maximum Gasteiger partial charge on any atom is 0.184 e. The van der Waals surface area contributed by atoms with Gasteiger partial charge in [0, 0.05) is 7.05 Å². The molecular formula is C12H13N5OS. The summed E-state index contributed by atoms with van der Waals surface area (Å²) >= 11 is 1.59. The van der Waals surface area contributed by atoms with Crippen molar-refractivity contribution in [2.75, 3.05) is 12.4 Å². The third-order valence-corrected chi connectivity index (χ3v) is 3.62. The largest absolute Gasteiger partial charge is 0.497 e. The smallest absolute Gasteiger partial charge is 0.184 e. The average molecular weight is 275 g/mol. The average Bonchev–Trinajstić information content (AvgIpc) is 3.01. The highest BCUT2D eigenvalue weighted by molar-refractivity contribution is 7.22. The minimum atomic E-state index is 0.567. The summed E-state index contributed by atoms with van der Waals surface area (Å²) in [5, 5.41) is 8.29. The second kappa shape index (κ2) is 4.85. The molecule has 98 valence electrons. The maximum absolute atomic E-state index is 5.20. The monoisotopic (exact) mass is 275 g/mol. The van der Waals surface area contributed by atoms with Crippen LogP contribution in [-0.4, -0.2) is 26.9 Å². The second-order valence-corrected chi connectivity index (χ2v) is 5.07. The van der Waals surface area contributed by atoms with Gasteiger partial charge in [-0.25, -0.2) is 9.97 Å². The van der Waals surface area contributed by atoms with E-state index in [4.69, 9.17) is 4.74 Å². The minimum absolute atomic E-state index is 0.567. The summed E-state index contributed by atoms with van der Waals surface area (Å²) in [6.45, 7) is 0.567. The van der Waals surface area contributed by atoms with Gasteiger partial charge in [-0.05, 0) is 18.2 Å². The number of hydrogen-bond donors (Lipinski definition) is 1. The normalized spacial score (nSPS) is 10.8. The van der Waals surface area contributed by atoms with Gasteiger partial charge < -0.3 is 10.1 Å². The topological polar surface area (TPSA) is 64.9 Å². The Hall–Kier alpha value is -2.15. The molecular weight excluding hydrogens is 262 g/mol. The molecule has 7 heteroatoms. The van der Waals surface area contributed by atoms with Crippen LogP contribution in [0.3, 0.4) is 0 Å². The molecule has 2 aromatic heterocycles. The van der Waals surface area contributed by atoms with Gasteiger partial charge in [-0.3, -0.25) is 4.68 Å². The molecule has 0 spiro atoms. The van der Waals surface area contributed by atoms with Gasteiger partial charge in [0.05, 0.1) is 23.9 Å². The first kappa shape index (κ1) is 11.9.